The maximum absolute atomic E-state index is 5.86. The van der Waals surface area contributed by atoms with E-state index in [1.165, 1.54) is 0 Å². The highest BCUT2D eigenvalue weighted by atomic mass is 35.5. The molecule has 2 heterocycles. The summed E-state index contributed by atoms with van der Waals surface area (Å²) in [5.41, 5.74) is 0. The molecular formula is C10H12ClN5. The molecule has 0 aromatic carbocycles. The molecule has 16 heavy (non-hydrogen) atoms. The fraction of sp³-hybridized carbons (Fsp3) is 0.300. The summed E-state index contributed by atoms with van der Waals surface area (Å²) < 4.78 is 1.99. The molecule has 2 aromatic heterocycles. The lowest BCUT2D eigenvalue weighted by Crippen LogP contribution is -2.10. The number of rotatable bonds is 4. The van der Waals surface area contributed by atoms with E-state index in [4.69, 9.17) is 11.6 Å². The van der Waals surface area contributed by atoms with Gasteiger partial charge in [-0.2, -0.15) is 0 Å². The summed E-state index contributed by atoms with van der Waals surface area (Å²) in [5.74, 6) is 1.63. The van der Waals surface area contributed by atoms with Crippen LogP contribution in [0.15, 0.2) is 24.8 Å². The van der Waals surface area contributed by atoms with Crippen molar-refractivity contribution in [3.05, 3.63) is 35.8 Å². The number of aromatic nitrogens is 4. The minimum absolute atomic E-state index is 0.391. The highest BCUT2D eigenvalue weighted by Gasteiger charge is 2.02. The van der Waals surface area contributed by atoms with Crippen molar-refractivity contribution >= 4 is 17.4 Å². The van der Waals surface area contributed by atoms with Gasteiger partial charge in [-0.3, -0.25) is 0 Å². The van der Waals surface area contributed by atoms with E-state index in [1.807, 2.05) is 17.8 Å². The first-order valence-electron chi connectivity index (χ1n) is 4.94. The molecule has 0 aliphatic heterocycles. The third-order valence-electron chi connectivity index (χ3n) is 2.22. The number of nitrogens with zero attached hydrogens (tertiary/aromatic N) is 4. The predicted octanol–water partition coefficient (Wildman–Crippen LogP) is 1.52. The van der Waals surface area contributed by atoms with Gasteiger partial charge in [0.1, 0.15) is 5.82 Å². The van der Waals surface area contributed by atoms with E-state index in [0.717, 1.165) is 18.8 Å². The number of hydrogen-bond donors (Lipinski definition) is 1. The normalized spacial score (nSPS) is 10.4. The number of nitrogens with one attached hydrogen (secondary N) is 1. The molecule has 0 aliphatic carbocycles. The zero-order valence-corrected chi connectivity index (χ0v) is 9.65. The lowest BCUT2D eigenvalue weighted by molar-refractivity contribution is 0.788. The van der Waals surface area contributed by atoms with Gasteiger partial charge >= 0.3 is 0 Å². The number of halogens is 1. The molecular weight excluding hydrogens is 226 g/mol. The summed E-state index contributed by atoms with van der Waals surface area (Å²) >= 11 is 5.86. The van der Waals surface area contributed by atoms with Crippen LogP contribution >= 0.6 is 11.6 Å². The van der Waals surface area contributed by atoms with Crippen LogP contribution in [0.25, 0.3) is 0 Å². The fourth-order valence-electron chi connectivity index (χ4n) is 1.37. The number of hydrogen-bond acceptors (Lipinski definition) is 4. The van der Waals surface area contributed by atoms with Gasteiger partial charge in [0.05, 0.1) is 0 Å². The molecule has 0 atom stereocenters. The van der Waals surface area contributed by atoms with Gasteiger partial charge in [-0.05, 0) is 0 Å². The molecule has 0 amide bonds. The minimum atomic E-state index is 0.391. The van der Waals surface area contributed by atoms with E-state index in [0.29, 0.717) is 11.0 Å². The second-order valence-corrected chi connectivity index (χ2v) is 3.68. The smallest absolute Gasteiger partial charge is 0.171 e. The Bertz CT molecular complexity index is 468. The Labute approximate surface area is 98.5 Å². The van der Waals surface area contributed by atoms with Gasteiger partial charge < -0.3 is 9.88 Å². The van der Waals surface area contributed by atoms with Gasteiger partial charge in [-0.15, -0.1) is 0 Å². The average Bonchev–Trinajstić information content (AvgIpc) is 2.67. The molecule has 0 bridgehead atoms. The van der Waals surface area contributed by atoms with Crippen LogP contribution in [-0.2, 0) is 13.5 Å². The van der Waals surface area contributed by atoms with Crippen LogP contribution in [0.1, 0.15) is 5.82 Å². The summed E-state index contributed by atoms with van der Waals surface area (Å²) in [6.45, 7) is 0.725. The topological polar surface area (TPSA) is 55.6 Å². The minimum Gasteiger partial charge on any atom is -0.367 e. The standard InChI is InChI=1S/C10H12ClN5/c1-16-7-6-12-8(16)2-3-14-10-9(11)13-4-5-15-10/h4-7H,2-3H2,1H3,(H,14,15). The average molecular weight is 238 g/mol. The Hall–Kier alpha value is -1.62. The molecule has 2 rings (SSSR count). The zero-order valence-electron chi connectivity index (χ0n) is 8.89. The van der Waals surface area contributed by atoms with Crippen molar-refractivity contribution in [2.45, 2.75) is 6.42 Å². The molecule has 1 N–H and O–H groups in total. The lowest BCUT2D eigenvalue weighted by Gasteiger charge is -2.06. The summed E-state index contributed by atoms with van der Waals surface area (Å²) in [4.78, 5) is 12.2. The van der Waals surface area contributed by atoms with Crippen LogP contribution < -0.4 is 5.32 Å². The van der Waals surface area contributed by atoms with Crippen molar-refractivity contribution in [2.24, 2.45) is 7.05 Å². The predicted molar refractivity (Wildman–Crippen MR) is 62.4 cm³/mol. The van der Waals surface area contributed by atoms with E-state index in [-0.39, 0.29) is 0 Å². The Balaban J connectivity index is 1.89. The molecule has 0 unspecified atom stereocenters. The SMILES string of the molecule is Cn1ccnc1CCNc1nccnc1Cl. The second kappa shape index (κ2) is 4.94. The van der Waals surface area contributed by atoms with Crippen molar-refractivity contribution in [3.63, 3.8) is 0 Å². The van der Waals surface area contributed by atoms with Crippen molar-refractivity contribution in [1.29, 1.82) is 0 Å². The van der Waals surface area contributed by atoms with Crippen LogP contribution in [0, 0.1) is 0 Å². The van der Waals surface area contributed by atoms with Gasteiger partial charge in [0.2, 0.25) is 0 Å². The highest BCUT2D eigenvalue weighted by Crippen LogP contribution is 2.13. The van der Waals surface area contributed by atoms with Crippen LogP contribution in [0.3, 0.4) is 0 Å². The molecule has 84 valence electrons. The first kappa shape index (κ1) is 10.9. The fourth-order valence-corrected chi connectivity index (χ4v) is 1.54. The van der Waals surface area contributed by atoms with E-state index < -0.39 is 0 Å². The van der Waals surface area contributed by atoms with Crippen molar-refractivity contribution in [1.82, 2.24) is 19.5 Å². The molecule has 5 nitrogen and oxygen atoms in total. The largest absolute Gasteiger partial charge is 0.367 e. The first-order chi connectivity index (χ1) is 7.77. The molecule has 0 spiro atoms. The molecule has 0 saturated carbocycles. The zero-order chi connectivity index (χ0) is 11.4. The number of imidazole rings is 1. The molecule has 0 saturated heterocycles. The van der Waals surface area contributed by atoms with Crippen LogP contribution in [-0.4, -0.2) is 26.1 Å². The Kier molecular flexibility index (Phi) is 3.36. The summed E-state index contributed by atoms with van der Waals surface area (Å²) in [7, 11) is 1.97. The maximum Gasteiger partial charge on any atom is 0.171 e. The van der Waals surface area contributed by atoms with Crippen molar-refractivity contribution in [3.8, 4) is 0 Å². The summed E-state index contributed by atoms with van der Waals surface area (Å²) in [5, 5.41) is 3.51. The molecule has 0 radical (unpaired) electrons. The third kappa shape index (κ3) is 2.49. The van der Waals surface area contributed by atoms with E-state index in [1.54, 1.807) is 18.6 Å². The Morgan fingerprint density at radius 3 is 2.75 bits per heavy atom. The van der Waals surface area contributed by atoms with Gasteiger partial charge in [0, 0.05) is 44.8 Å². The van der Waals surface area contributed by atoms with Gasteiger partial charge in [0.25, 0.3) is 0 Å². The van der Waals surface area contributed by atoms with Crippen molar-refractivity contribution in [2.75, 3.05) is 11.9 Å². The Morgan fingerprint density at radius 2 is 2.06 bits per heavy atom. The first-order valence-corrected chi connectivity index (χ1v) is 5.32. The molecule has 0 aliphatic rings. The highest BCUT2D eigenvalue weighted by molar-refractivity contribution is 6.31. The van der Waals surface area contributed by atoms with E-state index >= 15 is 0 Å². The van der Waals surface area contributed by atoms with Gasteiger partial charge in [0.15, 0.2) is 11.0 Å². The third-order valence-corrected chi connectivity index (χ3v) is 2.49. The van der Waals surface area contributed by atoms with Crippen molar-refractivity contribution < 1.29 is 0 Å². The maximum atomic E-state index is 5.86. The van der Waals surface area contributed by atoms with Gasteiger partial charge in [-0.1, -0.05) is 11.6 Å². The Morgan fingerprint density at radius 1 is 1.25 bits per heavy atom. The number of anilines is 1. The summed E-state index contributed by atoms with van der Waals surface area (Å²) in [6, 6.07) is 0. The van der Waals surface area contributed by atoms with E-state index in [2.05, 4.69) is 20.3 Å². The summed E-state index contributed by atoms with van der Waals surface area (Å²) in [6.07, 6.45) is 7.69. The molecule has 2 aromatic rings. The monoisotopic (exact) mass is 237 g/mol. The van der Waals surface area contributed by atoms with Gasteiger partial charge in [-0.25, -0.2) is 15.0 Å². The van der Waals surface area contributed by atoms with E-state index in [9.17, 15) is 0 Å². The molecule has 6 heteroatoms. The lowest BCUT2D eigenvalue weighted by atomic mass is 10.4. The van der Waals surface area contributed by atoms with Crippen LogP contribution in [0.5, 0.6) is 0 Å². The quantitative estimate of drug-likeness (QED) is 0.876. The van der Waals surface area contributed by atoms with Crippen LogP contribution in [0.2, 0.25) is 5.15 Å². The van der Waals surface area contributed by atoms with Crippen LogP contribution in [0.4, 0.5) is 5.82 Å². The second-order valence-electron chi connectivity index (χ2n) is 3.33. The number of aryl methyl sites for hydroxylation is 1. The molecule has 0 fully saturated rings.